The van der Waals surface area contributed by atoms with Crippen molar-refractivity contribution in [3.8, 4) is 5.75 Å². The number of nitrogens with one attached hydrogen (secondary N) is 2. The molecule has 0 bridgehead atoms. The molecular formula is C15H18F2N2O4. The van der Waals surface area contributed by atoms with Gasteiger partial charge in [0.2, 0.25) is 0 Å². The average Bonchev–Trinajstić information content (AvgIpc) is 2.55. The molecule has 126 valence electrons. The Bertz CT molecular complexity index is 656. The summed E-state index contributed by atoms with van der Waals surface area (Å²) in [5.74, 6) is -2.51. The van der Waals surface area contributed by atoms with E-state index in [0.717, 1.165) is 6.07 Å². The fourth-order valence-corrected chi connectivity index (χ4v) is 1.94. The van der Waals surface area contributed by atoms with Gasteiger partial charge in [0.05, 0.1) is 0 Å². The smallest absolute Gasteiger partial charge is 0.408 e. The van der Waals surface area contributed by atoms with Crippen molar-refractivity contribution in [3.05, 3.63) is 23.3 Å². The van der Waals surface area contributed by atoms with Crippen molar-refractivity contribution in [2.75, 3.05) is 11.9 Å². The lowest BCUT2D eigenvalue weighted by molar-refractivity contribution is -0.118. The second-order valence-corrected chi connectivity index (χ2v) is 6.17. The van der Waals surface area contributed by atoms with Crippen molar-refractivity contribution in [2.45, 2.75) is 39.3 Å². The van der Waals surface area contributed by atoms with Crippen LogP contribution < -0.4 is 15.4 Å². The largest absolute Gasteiger partial charge is 0.488 e. The van der Waals surface area contributed by atoms with Crippen LogP contribution in [0.2, 0.25) is 0 Å². The molecule has 0 saturated carbocycles. The first kappa shape index (κ1) is 17.0. The van der Waals surface area contributed by atoms with Crippen LogP contribution in [0.5, 0.6) is 5.75 Å². The van der Waals surface area contributed by atoms with Crippen LogP contribution in [0.4, 0.5) is 19.3 Å². The molecule has 1 atom stereocenters. The van der Waals surface area contributed by atoms with Crippen LogP contribution in [0.3, 0.4) is 0 Å². The van der Waals surface area contributed by atoms with Crippen LogP contribution in [-0.2, 0) is 9.53 Å². The number of anilines is 1. The zero-order valence-corrected chi connectivity index (χ0v) is 13.3. The summed E-state index contributed by atoms with van der Waals surface area (Å²) >= 11 is 0. The van der Waals surface area contributed by atoms with Crippen molar-refractivity contribution in [1.82, 2.24) is 5.32 Å². The summed E-state index contributed by atoms with van der Waals surface area (Å²) in [6, 6.07) is -0.107. The van der Waals surface area contributed by atoms with Gasteiger partial charge in [0.1, 0.15) is 35.5 Å². The molecule has 1 aliphatic rings. The minimum absolute atomic E-state index is 0.132. The van der Waals surface area contributed by atoms with E-state index in [-0.39, 0.29) is 23.6 Å². The standard InChI is InChI=1S/C15H18F2N2O4/c1-7-8(16)5-10-12(11(7)17)19-13(20)9(6-22-10)18-14(21)23-15(2,3)4/h5,9H,6H2,1-4H3,(H,18,21)(H,19,20). The minimum atomic E-state index is -1.10. The van der Waals surface area contributed by atoms with Gasteiger partial charge in [0, 0.05) is 11.6 Å². The summed E-state index contributed by atoms with van der Waals surface area (Å²) < 4.78 is 37.9. The number of alkyl carbamates (subject to hydrolysis) is 1. The summed E-state index contributed by atoms with van der Waals surface area (Å²) in [5.41, 5.74) is -1.21. The zero-order chi connectivity index (χ0) is 17.4. The van der Waals surface area contributed by atoms with Gasteiger partial charge in [-0.15, -0.1) is 0 Å². The van der Waals surface area contributed by atoms with Gasteiger partial charge in [-0.1, -0.05) is 0 Å². The lowest BCUT2D eigenvalue weighted by Crippen LogP contribution is -2.48. The average molecular weight is 328 g/mol. The maximum Gasteiger partial charge on any atom is 0.408 e. The number of amides is 2. The third-order valence-electron chi connectivity index (χ3n) is 3.07. The predicted molar refractivity (Wildman–Crippen MR) is 78.4 cm³/mol. The molecule has 1 aromatic rings. The van der Waals surface area contributed by atoms with Crippen LogP contribution in [0.1, 0.15) is 26.3 Å². The molecule has 0 fully saturated rings. The molecule has 1 heterocycles. The Morgan fingerprint density at radius 1 is 1.43 bits per heavy atom. The van der Waals surface area contributed by atoms with Crippen molar-refractivity contribution in [3.63, 3.8) is 0 Å². The molecule has 1 unspecified atom stereocenters. The third kappa shape index (κ3) is 3.88. The topological polar surface area (TPSA) is 76.7 Å². The van der Waals surface area contributed by atoms with Gasteiger partial charge in [-0.2, -0.15) is 0 Å². The van der Waals surface area contributed by atoms with E-state index in [0.29, 0.717) is 0 Å². The second-order valence-electron chi connectivity index (χ2n) is 6.17. The highest BCUT2D eigenvalue weighted by Crippen LogP contribution is 2.33. The maximum absolute atomic E-state index is 14.1. The van der Waals surface area contributed by atoms with Crippen LogP contribution >= 0.6 is 0 Å². The molecule has 8 heteroatoms. The molecular weight excluding hydrogens is 310 g/mol. The molecule has 2 amide bonds. The lowest BCUT2D eigenvalue weighted by Gasteiger charge is -2.22. The Morgan fingerprint density at radius 3 is 2.70 bits per heavy atom. The van der Waals surface area contributed by atoms with Gasteiger partial charge in [-0.3, -0.25) is 4.79 Å². The van der Waals surface area contributed by atoms with Crippen molar-refractivity contribution < 1.29 is 27.8 Å². The second kappa shape index (κ2) is 6.02. The Labute approximate surface area is 132 Å². The Morgan fingerprint density at radius 2 is 2.09 bits per heavy atom. The molecule has 0 radical (unpaired) electrons. The highest BCUT2D eigenvalue weighted by Gasteiger charge is 2.30. The van der Waals surface area contributed by atoms with E-state index >= 15 is 0 Å². The molecule has 0 saturated heterocycles. The summed E-state index contributed by atoms with van der Waals surface area (Å²) in [6.07, 6.45) is -0.810. The van der Waals surface area contributed by atoms with Gasteiger partial charge in [0.15, 0.2) is 5.82 Å². The van der Waals surface area contributed by atoms with E-state index in [1.807, 2.05) is 0 Å². The number of rotatable bonds is 1. The normalized spacial score (nSPS) is 17.5. The minimum Gasteiger partial charge on any atom is -0.488 e. The van der Waals surface area contributed by atoms with Crippen LogP contribution in [0, 0.1) is 18.6 Å². The van der Waals surface area contributed by atoms with Gasteiger partial charge >= 0.3 is 6.09 Å². The number of carbonyl (C=O) groups excluding carboxylic acids is 2. The molecule has 6 nitrogen and oxygen atoms in total. The van der Waals surface area contributed by atoms with Gasteiger partial charge in [-0.25, -0.2) is 13.6 Å². The first-order valence-corrected chi connectivity index (χ1v) is 7.00. The molecule has 1 aliphatic heterocycles. The summed E-state index contributed by atoms with van der Waals surface area (Å²) in [4.78, 5) is 23.8. The Balaban J connectivity index is 2.17. The maximum atomic E-state index is 14.1. The van der Waals surface area contributed by atoms with Crippen LogP contribution in [-0.4, -0.2) is 30.3 Å². The third-order valence-corrected chi connectivity index (χ3v) is 3.07. The van der Waals surface area contributed by atoms with Crippen LogP contribution in [0.15, 0.2) is 6.07 Å². The predicted octanol–water partition coefficient (Wildman–Crippen LogP) is 2.50. The lowest BCUT2D eigenvalue weighted by atomic mass is 10.1. The molecule has 0 aromatic heterocycles. The molecule has 2 rings (SSSR count). The van der Waals surface area contributed by atoms with E-state index in [4.69, 9.17) is 9.47 Å². The summed E-state index contributed by atoms with van der Waals surface area (Å²) in [6.45, 7) is 5.99. The van der Waals surface area contributed by atoms with E-state index in [1.54, 1.807) is 20.8 Å². The molecule has 0 aliphatic carbocycles. The SMILES string of the molecule is Cc1c(F)cc2c(c1F)NC(=O)C(NC(=O)OC(C)(C)C)CO2. The quantitative estimate of drug-likeness (QED) is 0.830. The molecule has 1 aromatic carbocycles. The van der Waals surface area contributed by atoms with Crippen molar-refractivity contribution in [2.24, 2.45) is 0 Å². The van der Waals surface area contributed by atoms with Crippen molar-refractivity contribution >= 4 is 17.7 Å². The van der Waals surface area contributed by atoms with Crippen molar-refractivity contribution in [1.29, 1.82) is 0 Å². The first-order valence-electron chi connectivity index (χ1n) is 7.00. The number of fused-ring (bicyclic) bond motifs is 1. The van der Waals surface area contributed by atoms with E-state index < -0.39 is 35.3 Å². The zero-order valence-electron chi connectivity index (χ0n) is 13.3. The Hall–Kier alpha value is -2.38. The number of benzene rings is 1. The number of hydrogen-bond donors (Lipinski definition) is 2. The van der Waals surface area contributed by atoms with E-state index in [2.05, 4.69) is 10.6 Å². The monoisotopic (exact) mass is 328 g/mol. The first-order chi connectivity index (χ1) is 10.6. The van der Waals surface area contributed by atoms with Gasteiger partial charge in [0.25, 0.3) is 5.91 Å². The number of hydrogen-bond acceptors (Lipinski definition) is 4. The number of halogens is 2. The number of carbonyl (C=O) groups is 2. The van der Waals surface area contributed by atoms with E-state index in [1.165, 1.54) is 6.92 Å². The summed E-state index contributed by atoms with van der Waals surface area (Å²) in [7, 11) is 0. The molecule has 23 heavy (non-hydrogen) atoms. The van der Waals surface area contributed by atoms with Gasteiger partial charge < -0.3 is 20.1 Å². The molecule has 2 N–H and O–H groups in total. The fraction of sp³-hybridized carbons (Fsp3) is 0.467. The van der Waals surface area contributed by atoms with E-state index in [9.17, 15) is 18.4 Å². The Kier molecular flexibility index (Phi) is 4.44. The van der Waals surface area contributed by atoms with Crippen LogP contribution in [0.25, 0.3) is 0 Å². The highest BCUT2D eigenvalue weighted by molar-refractivity contribution is 5.98. The highest BCUT2D eigenvalue weighted by atomic mass is 19.1. The number of ether oxygens (including phenoxy) is 2. The van der Waals surface area contributed by atoms with Gasteiger partial charge in [-0.05, 0) is 27.7 Å². The molecule has 0 spiro atoms. The summed E-state index contributed by atoms with van der Waals surface area (Å²) in [5, 5.41) is 4.64. The fourth-order valence-electron chi connectivity index (χ4n) is 1.94.